The number of halogens is 3. The number of nitrogens with two attached hydrogens (primary N) is 1. The average molecular weight is 612 g/mol. The molecular formula is C28H28F3N9O4. The van der Waals surface area contributed by atoms with Crippen LogP contribution in [0.5, 0.6) is 11.5 Å². The van der Waals surface area contributed by atoms with Gasteiger partial charge < -0.3 is 34.4 Å². The minimum absolute atomic E-state index is 0.0157. The van der Waals surface area contributed by atoms with Gasteiger partial charge in [-0.2, -0.15) is 23.4 Å². The summed E-state index contributed by atoms with van der Waals surface area (Å²) in [5, 5.41) is 12.7. The Morgan fingerprint density at radius 2 is 2.00 bits per heavy atom. The molecule has 44 heavy (non-hydrogen) atoms. The summed E-state index contributed by atoms with van der Waals surface area (Å²) in [4.78, 5) is 27.7. The molecule has 4 aromatic rings. The fourth-order valence-corrected chi connectivity index (χ4v) is 4.55. The maximum absolute atomic E-state index is 13.3. The van der Waals surface area contributed by atoms with E-state index in [9.17, 15) is 23.2 Å². The van der Waals surface area contributed by atoms with Crippen LogP contribution in [0.2, 0.25) is 0 Å². The molecule has 0 aromatic carbocycles. The Labute approximate surface area is 248 Å². The van der Waals surface area contributed by atoms with Gasteiger partial charge in [-0.15, -0.1) is 0 Å². The number of aromatic nitrogens is 5. The van der Waals surface area contributed by atoms with Gasteiger partial charge in [-0.05, 0) is 18.2 Å². The fourth-order valence-electron chi connectivity index (χ4n) is 4.55. The first-order chi connectivity index (χ1) is 21.1. The normalized spacial score (nSPS) is 14.4. The molecule has 0 unspecified atom stereocenters. The molecule has 0 amide bonds. The van der Waals surface area contributed by atoms with E-state index in [1.165, 1.54) is 37.3 Å². The highest BCUT2D eigenvalue weighted by molar-refractivity contribution is 5.84. The van der Waals surface area contributed by atoms with Crippen LogP contribution >= 0.6 is 0 Å². The number of alkyl halides is 3. The number of pyridine rings is 3. The van der Waals surface area contributed by atoms with Gasteiger partial charge in [0.15, 0.2) is 17.2 Å². The number of morpholine rings is 1. The predicted molar refractivity (Wildman–Crippen MR) is 153 cm³/mol. The molecule has 13 nitrogen and oxygen atoms in total. The van der Waals surface area contributed by atoms with Gasteiger partial charge in [0.05, 0.1) is 31.2 Å². The Bertz CT molecular complexity index is 1790. The van der Waals surface area contributed by atoms with Gasteiger partial charge in [-0.1, -0.05) is 0 Å². The average Bonchev–Trinajstić information content (AvgIpc) is 3.33. The van der Waals surface area contributed by atoms with Gasteiger partial charge in [-0.25, -0.2) is 9.97 Å². The summed E-state index contributed by atoms with van der Waals surface area (Å²) in [6.07, 6.45) is 0.0205. The van der Waals surface area contributed by atoms with Crippen LogP contribution in [-0.4, -0.2) is 68.4 Å². The number of hydrogen-bond donors (Lipinski definition) is 2. The van der Waals surface area contributed by atoms with Crippen molar-refractivity contribution >= 4 is 28.6 Å². The molecule has 1 aliphatic rings. The second-order valence-electron chi connectivity index (χ2n) is 9.77. The molecule has 0 atom stereocenters. The lowest BCUT2D eigenvalue weighted by Crippen LogP contribution is -2.38. The molecule has 0 aliphatic carbocycles. The van der Waals surface area contributed by atoms with Crippen LogP contribution in [0.15, 0.2) is 47.8 Å². The van der Waals surface area contributed by atoms with E-state index in [1.54, 1.807) is 12.1 Å². The van der Waals surface area contributed by atoms with Gasteiger partial charge in [0.25, 0.3) is 5.56 Å². The van der Waals surface area contributed by atoms with Crippen LogP contribution in [0.3, 0.4) is 0 Å². The molecule has 16 heteroatoms. The van der Waals surface area contributed by atoms with Gasteiger partial charge >= 0.3 is 6.18 Å². The maximum atomic E-state index is 13.3. The maximum Gasteiger partial charge on any atom is 0.417 e. The topological polar surface area (TPSA) is 158 Å². The molecule has 0 saturated carbocycles. The Morgan fingerprint density at radius 1 is 1.23 bits per heavy atom. The standard InChI is InChI=1S/C28H28F3N9O4/c1-38-16-17(28(29,30)31)11-21(26(38)41)36-27-37-25-24(39(27)2)19(12-32)23(15-35-25)44-22(13-33)20-4-3-18(14-34-20)43-10-7-40-5-8-42-9-6-40/h3-4,11,13-16H,5-10,33H2,1-2H3,(H,35,36,37). The largest absolute Gasteiger partial charge is 0.491 e. The number of hydrogen-bond acceptors (Lipinski definition) is 11. The molecule has 4 aromatic heterocycles. The Kier molecular flexibility index (Phi) is 8.69. The quantitative estimate of drug-likeness (QED) is 0.268. The van der Waals surface area contributed by atoms with Crippen molar-refractivity contribution in [3.05, 3.63) is 70.2 Å². The summed E-state index contributed by atoms with van der Waals surface area (Å²) in [6.45, 7) is 4.38. The molecular weight excluding hydrogens is 583 g/mol. The van der Waals surface area contributed by atoms with E-state index in [-0.39, 0.29) is 39.9 Å². The Balaban J connectivity index is 1.35. The molecule has 5 heterocycles. The minimum Gasteiger partial charge on any atom is -0.491 e. The number of ether oxygens (including phenoxy) is 3. The van der Waals surface area contributed by atoms with Crippen LogP contribution in [0, 0.1) is 11.3 Å². The highest BCUT2D eigenvalue weighted by atomic mass is 19.4. The second-order valence-corrected chi connectivity index (χ2v) is 9.77. The number of aryl methyl sites for hydroxylation is 2. The fraction of sp³-hybridized carbons (Fsp3) is 0.321. The molecule has 1 aliphatic heterocycles. The van der Waals surface area contributed by atoms with Crippen molar-refractivity contribution in [3.8, 4) is 17.6 Å². The third-order valence-corrected chi connectivity index (χ3v) is 6.87. The number of nitrogens with one attached hydrogen (secondary N) is 1. The van der Waals surface area contributed by atoms with Gasteiger partial charge in [0.2, 0.25) is 5.95 Å². The highest BCUT2D eigenvalue weighted by Crippen LogP contribution is 2.32. The first-order valence-corrected chi connectivity index (χ1v) is 13.4. The number of anilines is 2. The number of nitrogens with zero attached hydrogens (tertiary/aromatic N) is 7. The summed E-state index contributed by atoms with van der Waals surface area (Å²) in [5.74, 6) is 0.715. The van der Waals surface area contributed by atoms with Gasteiger partial charge in [-0.3, -0.25) is 9.69 Å². The highest BCUT2D eigenvalue weighted by Gasteiger charge is 2.32. The van der Waals surface area contributed by atoms with Crippen LogP contribution in [-0.2, 0) is 25.0 Å². The molecule has 5 rings (SSSR count). The number of nitriles is 1. The summed E-state index contributed by atoms with van der Waals surface area (Å²) < 4.78 is 59.3. The van der Waals surface area contributed by atoms with Gasteiger partial charge in [0.1, 0.15) is 40.9 Å². The van der Waals surface area contributed by atoms with E-state index in [4.69, 9.17) is 19.9 Å². The second kappa shape index (κ2) is 12.6. The molecule has 1 fully saturated rings. The van der Waals surface area contributed by atoms with Crippen molar-refractivity contribution in [3.63, 3.8) is 0 Å². The van der Waals surface area contributed by atoms with E-state index >= 15 is 0 Å². The Hall–Kier alpha value is -5.14. The predicted octanol–water partition coefficient (Wildman–Crippen LogP) is 2.74. The first kappa shape index (κ1) is 30.3. The van der Waals surface area contributed by atoms with Crippen molar-refractivity contribution < 1.29 is 27.4 Å². The van der Waals surface area contributed by atoms with E-state index < -0.39 is 17.3 Å². The molecule has 1 saturated heterocycles. The van der Waals surface area contributed by atoms with Crippen LogP contribution < -0.4 is 26.1 Å². The SMILES string of the molecule is Cn1cc(C(F)(F)F)cc(Nc2nc3ncc(OC(=CN)c4ccc(OCCN5CCOCC5)cn4)c(C#N)c3n2C)c1=O. The lowest BCUT2D eigenvalue weighted by atomic mass is 10.2. The zero-order chi connectivity index (χ0) is 31.4. The number of fused-ring (bicyclic) bond motifs is 1. The zero-order valence-electron chi connectivity index (χ0n) is 23.8. The third kappa shape index (κ3) is 6.43. The summed E-state index contributed by atoms with van der Waals surface area (Å²) in [5.41, 5.74) is 4.45. The first-order valence-electron chi connectivity index (χ1n) is 13.4. The zero-order valence-corrected chi connectivity index (χ0v) is 23.8. The summed E-state index contributed by atoms with van der Waals surface area (Å²) in [7, 11) is 2.72. The monoisotopic (exact) mass is 611 g/mol. The molecule has 0 radical (unpaired) electrons. The minimum atomic E-state index is -4.67. The van der Waals surface area contributed by atoms with Crippen molar-refractivity contribution in [2.75, 3.05) is 44.8 Å². The smallest absolute Gasteiger partial charge is 0.417 e. The summed E-state index contributed by atoms with van der Waals surface area (Å²) in [6, 6.07) is 6.13. The third-order valence-electron chi connectivity index (χ3n) is 6.87. The molecule has 0 bridgehead atoms. The van der Waals surface area contributed by atoms with Crippen molar-refractivity contribution in [2.24, 2.45) is 19.8 Å². The molecule has 0 spiro atoms. The van der Waals surface area contributed by atoms with Crippen LogP contribution in [0.4, 0.5) is 24.8 Å². The van der Waals surface area contributed by atoms with E-state index in [0.717, 1.165) is 24.2 Å². The van der Waals surface area contributed by atoms with E-state index in [1.807, 2.05) is 0 Å². The molecule has 3 N–H and O–H groups in total. The summed E-state index contributed by atoms with van der Waals surface area (Å²) >= 11 is 0. The lowest BCUT2D eigenvalue weighted by Gasteiger charge is -2.26. The number of imidazole rings is 1. The van der Waals surface area contributed by atoms with E-state index in [0.29, 0.717) is 43.5 Å². The lowest BCUT2D eigenvalue weighted by molar-refractivity contribution is -0.138. The van der Waals surface area contributed by atoms with Crippen molar-refractivity contribution in [1.29, 1.82) is 5.26 Å². The number of rotatable bonds is 9. The van der Waals surface area contributed by atoms with Crippen LogP contribution in [0.1, 0.15) is 16.8 Å². The van der Waals surface area contributed by atoms with Crippen molar-refractivity contribution in [1.82, 2.24) is 29.0 Å². The van der Waals surface area contributed by atoms with Gasteiger partial charge in [0, 0.05) is 46.1 Å². The van der Waals surface area contributed by atoms with E-state index in [2.05, 4.69) is 31.2 Å². The van der Waals surface area contributed by atoms with Crippen molar-refractivity contribution in [2.45, 2.75) is 6.18 Å². The molecule has 230 valence electrons. The van der Waals surface area contributed by atoms with Crippen LogP contribution in [0.25, 0.3) is 16.9 Å². The Morgan fingerprint density at radius 3 is 2.66 bits per heavy atom.